The molecule has 1 saturated heterocycles. The van der Waals surface area contributed by atoms with Crippen molar-refractivity contribution in [2.45, 2.75) is 39.0 Å². The minimum Gasteiger partial charge on any atom is -0.357 e. The molecule has 0 saturated carbocycles. The van der Waals surface area contributed by atoms with Crippen LogP contribution in [0.25, 0.3) is 0 Å². The number of aliphatic imine (C=N–C) groups is 1. The van der Waals surface area contributed by atoms with Crippen LogP contribution < -0.4 is 10.6 Å². The lowest BCUT2D eigenvalue weighted by Crippen LogP contribution is -2.42. The van der Waals surface area contributed by atoms with Crippen LogP contribution in [0, 0.1) is 0 Å². The van der Waals surface area contributed by atoms with Gasteiger partial charge < -0.3 is 15.5 Å². The molecule has 1 aromatic rings. The Hall–Kier alpha value is -1.07. The summed E-state index contributed by atoms with van der Waals surface area (Å²) < 4.78 is 0. The third-order valence-electron chi connectivity index (χ3n) is 4.15. The molecular formula is C17H30N4S. The highest BCUT2D eigenvalue weighted by atomic mass is 32.1. The van der Waals surface area contributed by atoms with Gasteiger partial charge in [-0.2, -0.15) is 11.3 Å². The SMILES string of the molecule is CCNC(=NCC(C)c1ccsc1)NCCN1CCCCC1. The van der Waals surface area contributed by atoms with E-state index in [2.05, 4.69) is 46.2 Å². The van der Waals surface area contributed by atoms with Crippen LogP contribution in [0.3, 0.4) is 0 Å². The minimum absolute atomic E-state index is 0.476. The topological polar surface area (TPSA) is 39.7 Å². The third kappa shape index (κ3) is 5.97. The van der Waals surface area contributed by atoms with Gasteiger partial charge in [0.2, 0.25) is 0 Å². The number of guanidine groups is 1. The molecule has 124 valence electrons. The summed E-state index contributed by atoms with van der Waals surface area (Å²) in [5.41, 5.74) is 1.39. The van der Waals surface area contributed by atoms with Gasteiger partial charge in [-0.05, 0) is 55.2 Å². The summed E-state index contributed by atoms with van der Waals surface area (Å²) in [4.78, 5) is 7.28. The van der Waals surface area contributed by atoms with Gasteiger partial charge in [0.15, 0.2) is 5.96 Å². The fraction of sp³-hybridized carbons (Fsp3) is 0.706. The minimum atomic E-state index is 0.476. The predicted octanol–water partition coefficient (Wildman–Crippen LogP) is 2.89. The van der Waals surface area contributed by atoms with Crippen molar-refractivity contribution in [1.29, 1.82) is 0 Å². The highest BCUT2D eigenvalue weighted by Gasteiger charge is 2.10. The van der Waals surface area contributed by atoms with Crippen molar-refractivity contribution < 1.29 is 0 Å². The van der Waals surface area contributed by atoms with Gasteiger partial charge in [-0.1, -0.05) is 13.3 Å². The summed E-state index contributed by atoms with van der Waals surface area (Å²) in [6.07, 6.45) is 4.10. The Morgan fingerprint density at radius 2 is 2.14 bits per heavy atom. The number of hydrogen-bond donors (Lipinski definition) is 2. The summed E-state index contributed by atoms with van der Waals surface area (Å²) >= 11 is 1.76. The lowest BCUT2D eigenvalue weighted by Gasteiger charge is -2.26. The molecule has 2 heterocycles. The van der Waals surface area contributed by atoms with E-state index in [1.54, 1.807) is 11.3 Å². The highest BCUT2D eigenvalue weighted by molar-refractivity contribution is 7.07. The van der Waals surface area contributed by atoms with Crippen molar-refractivity contribution in [2.75, 3.05) is 39.3 Å². The molecule has 4 nitrogen and oxygen atoms in total. The first-order chi connectivity index (χ1) is 10.8. The fourth-order valence-corrected chi connectivity index (χ4v) is 3.53. The molecule has 0 spiro atoms. The Bertz CT molecular complexity index is 424. The van der Waals surface area contributed by atoms with E-state index in [0.29, 0.717) is 5.92 Å². The van der Waals surface area contributed by atoms with Crippen LogP contribution in [-0.4, -0.2) is 50.1 Å². The van der Waals surface area contributed by atoms with Gasteiger partial charge in [-0.25, -0.2) is 0 Å². The largest absolute Gasteiger partial charge is 0.357 e. The molecule has 0 radical (unpaired) electrons. The van der Waals surface area contributed by atoms with E-state index < -0.39 is 0 Å². The van der Waals surface area contributed by atoms with Crippen molar-refractivity contribution in [3.05, 3.63) is 22.4 Å². The van der Waals surface area contributed by atoms with Gasteiger partial charge >= 0.3 is 0 Å². The van der Waals surface area contributed by atoms with Crippen LogP contribution in [0.15, 0.2) is 21.8 Å². The van der Waals surface area contributed by atoms with Crippen LogP contribution >= 0.6 is 11.3 Å². The fourth-order valence-electron chi connectivity index (χ4n) is 2.75. The molecule has 22 heavy (non-hydrogen) atoms. The monoisotopic (exact) mass is 322 g/mol. The van der Waals surface area contributed by atoms with E-state index in [4.69, 9.17) is 4.99 Å². The molecule has 1 fully saturated rings. The summed E-state index contributed by atoms with van der Waals surface area (Å²) in [5.74, 6) is 1.42. The zero-order valence-electron chi connectivity index (χ0n) is 14.0. The van der Waals surface area contributed by atoms with E-state index in [-0.39, 0.29) is 0 Å². The van der Waals surface area contributed by atoms with Crippen LogP contribution in [0.5, 0.6) is 0 Å². The second-order valence-electron chi connectivity index (χ2n) is 6.01. The maximum Gasteiger partial charge on any atom is 0.191 e. The molecule has 1 atom stereocenters. The summed E-state index contributed by atoms with van der Waals surface area (Å²) in [7, 11) is 0. The molecule has 0 amide bonds. The second kappa shape index (κ2) is 9.85. The molecule has 0 aromatic carbocycles. The molecule has 1 aliphatic rings. The number of hydrogen-bond acceptors (Lipinski definition) is 3. The molecule has 5 heteroatoms. The Labute approximate surface area is 139 Å². The first-order valence-corrected chi connectivity index (χ1v) is 9.50. The first kappa shape index (κ1) is 17.3. The van der Waals surface area contributed by atoms with Crippen molar-refractivity contribution in [3.63, 3.8) is 0 Å². The maximum absolute atomic E-state index is 4.73. The van der Waals surface area contributed by atoms with E-state index in [1.807, 2.05) is 0 Å². The van der Waals surface area contributed by atoms with Crippen molar-refractivity contribution in [1.82, 2.24) is 15.5 Å². The molecule has 2 rings (SSSR count). The summed E-state index contributed by atoms with van der Waals surface area (Å²) in [6, 6.07) is 2.20. The summed E-state index contributed by atoms with van der Waals surface area (Å²) in [5, 5.41) is 11.2. The number of thiophene rings is 1. The Morgan fingerprint density at radius 3 is 2.82 bits per heavy atom. The molecule has 0 aliphatic carbocycles. The number of nitrogens with zero attached hydrogens (tertiary/aromatic N) is 2. The van der Waals surface area contributed by atoms with Gasteiger partial charge in [0.1, 0.15) is 0 Å². The van der Waals surface area contributed by atoms with Crippen molar-refractivity contribution >= 4 is 17.3 Å². The quantitative estimate of drug-likeness (QED) is 0.599. The normalized spacial score (nSPS) is 18.2. The van der Waals surface area contributed by atoms with Gasteiger partial charge in [-0.3, -0.25) is 4.99 Å². The van der Waals surface area contributed by atoms with Crippen LogP contribution in [-0.2, 0) is 0 Å². The van der Waals surface area contributed by atoms with Gasteiger partial charge in [0.25, 0.3) is 0 Å². The van der Waals surface area contributed by atoms with E-state index >= 15 is 0 Å². The number of likely N-dealkylation sites (tertiary alicyclic amines) is 1. The van der Waals surface area contributed by atoms with E-state index in [9.17, 15) is 0 Å². The summed E-state index contributed by atoms with van der Waals surface area (Å²) in [6.45, 7) is 10.7. The lowest BCUT2D eigenvalue weighted by molar-refractivity contribution is 0.232. The molecule has 0 bridgehead atoms. The number of rotatable bonds is 7. The molecule has 1 unspecified atom stereocenters. The Morgan fingerprint density at radius 1 is 1.32 bits per heavy atom. The smallest absolute Gasteiger partial charge is 0.191 e. The van der Waals surface area contributed by atoms with E-state index in [0.717, 1.165) is 32.1 Å². The molecule has 1 aromatic heterocycles. The van der Waals surface area contributed by atoms with Crippen molar-refractivity contribution in [3.8, 4) is 0 Å². The zero-order valence-corrected chi connectivity index (χ0v) is 14.8. The van der Waals surface area contributed by atoms with Gasteiger partial charge in [0, 0.05) is 32.1 Å². The molecular weight excluding hydrogens is 292 g/mol. The average Bonchev–Trinajstić information content (AvgIpc) is 3.08. The predicted molar refractivity (Wildman–Crippen MR) is 97.0 cm³/mol. The van der Waals surface area contributed by atoms with E-state index in [1.165, 1.54) is 37.9 Å². The lowest BCUT2D eigenvalue weighted by atomic mass is 10.1. The van der Waals surface area contributed by atoms with Crippen LogP contribution in [0.2, 0.25) is 0 Å². The Kier molecular flexibility index (Phi) is 7.74. The maximum atomic E-state index is 4.73. The zero-order chi connectivity index (χ0) is 15.6. The Balaban J connectivity index is 1.74. The van der Waals surface area contributed by atoms with Gasteiger partial charge in [-0.15, -0.1) is 0 Å². The molecule has 2 N–H and O–H groups in total. The average molecular weight is 323 g/mol. The van der Waals surface area contributed by atoms with Crippen LogP contribution in [0.1, 0.15) is 44.6 Å². The number of piperidine rings is 1. The first-order valence-electron chi connectivity index (χ1n) is 8.56. The molecule has 1 aliphatic heterocycles. The highest BCUT2D eigenvalue weighted by Crippen LogP contribution is 2.18. The third-order valence-corrected chi connectivity index (χ3v) is 4.85. The van der Waals surface area contributed by atoms with Crippen molar-refractivity contribution in [2.24, 2.45) is 4.99 Å². The van der Waals surface area contributed by atoms with Gasteiger partial charge in [0.05, 0.1) is 0 Å². The second-order valence-corrected chi connectivity index (χ2v) is 6.79. The standard InChI is InChI=1S/C17H30N4S/c1-3-18-17(19-8-11-21-9-5-4-6-10-21)20-13-15(2)16-7-12-22-14-16/h7,12,14-15H,3-6,8-11,13H2,1-2H3,(H2,18,19,20). The van der Waals surface area contributed by atoms with Crippen LogP contribution in [0.4, 0.5) is 0 Å². The number of nitrogens with one attached hydrogen (secondary N) is 2.